The molecule has 0 saturated heterocycles. The SMILES string of the molecule is Cc1ccc(S(=O)(=O)N(C)C)cc1C(=O)OCC(=O)Nc1sccc1C#N. The number of nitrogens with one attached hydrogen (secondary N) is 1. The summed E-state index contributed by atoms with van der Waals surface area (Å²) in [4.78, 5) is 24.2. The fourth-order valence-corrected chi connectivity index (χ4v) is 3.74. The van der Waals surface area contributed by atoms with E-state index >= 15 is 0 Å². The van der Waals surface area contributed by atoms with Crippen molar-refractivity contribution in [3.05, 3.63) is 46.3 Å². The van der Waals surface area contributed by atoms with Gasteiger partial charge < -0.3 is 10.1 Å². The number of benzene rings is 1. The van der Waals surface area contributed by atoms with Gasteiger partial charge in [0.05, 0.1) is 16.0 Å². The molecule has 0 unspecified atom stereocenters. The van der Waals surface area contributed by atoms with Crippen LogP contribution in [0.4, 0.5) is 5.00 Å². The van der Waals surface area contributed by atoms with E-state index in [1.54, 1.807) is 18.4 Å². The van der Waals surface area contributed by atoms with Crippen LogP contribution in [0.5, 0.6) is 0 Å². The van der Waals surface area contributed by atoms with Crippen molar-refractivity contribution in [1.82, 2.24) is 4.31 Å². The Labute approximate surface area is 161 Å². The first kappa shape index (κ1) is 20.6. The fourth-order valence-electron chi connectivity index (χ4n) is 2.06. The number of sulfonamides is 1. The van der Waals surface area contributed by atoms with Crippen molar-refractivity contribution in [1.29, 1.82) is 5.26 Å². The molecule has 0 fully saturated rings. The lowest BCUT2D eigenvalue weighted by Crippen LogP contribution is -2.23. The van der Waals surface area contributed by atoms with Gasteiger partial charge in [-0.25, -0.2) is 17.5 Å². The number of rotatable bonds is 6. The average Bonchev–Trinajstić information content (AvgIpc) is 3.06. The third-order valence-electron chi connectivity index (χ3n) is 3.58. The number of anilines is 1. The van der Waals surface area contributed by atoms with Crippen molar-refractivity contribution in [2.75, 3.05) is 26.0 Å². The second-order valence-corrected chi connectivity index (χ2v) is 8.73. The summed E-state index contributed by atoms with van der Waals surface area (Å²) in [6.45, 7) is 1.07. The number of hydrogen-bond acceptors (Lipinski definition) is 7. The van der Waals surface area contributed by atoms with Gasteiger partial charge in [-0.1, -0.05) is 6.07 Å². The largest absolute Gasteiger partial charge is 0.452 e. The van der Waals surface area contributed by atoms with E-state index in [-0.39, 0.29) is 10.5 Å². The number of aryl methyl sites for hydroxylation is 1. The number of thiophene rings is 1. The van der Waals surface area contributed by atoms with Gasteiger partial charge in [0, 0.05) is 14.1 Å². The van der Waals surface area contributed by atoms with Crippen LogP contribution in [0, 0.1) is 18.3 Å². The number of nitriles is 1. The van der Waals surface area contributed by atoms with E-state index in [9.17, 15) is 18.0 Å². The van der Waals surface area contributed by atoms with E-state index in [1.807, 2.05) is 6.07 Å². The number of ether oxygens (including phenoxy) is 1. The highest BCUT2D eigenvalue weighted by Crippen LogP contribution is 2.22. The van der Waals surface area contributed by atoms with Gasteiger partial charge in [-0.3, -0.25) is 4.79 Å². The Morgan fingerprint density at radius 3 is 2.63 bits per heavy atom. The van der Waals surface area contributed by atoms with E-state index in [1.165, 1.54) is 43.6 Å². The molecule has 1 aromatic heterocycles. The fraction of sp³-hybridized carbons (Fsp3) is 0.235. The lowest BCUT2D eigenvalue weighted by atomic mass is 10.1. The molecule has 1 heterocycles. The zero-order valence-corrected chi connectivity index (χ0v) is 16.5. The van der Waals surface area contributed by atoms with Crippen LogP contribution in [0.2, 0.25) is 0 Å². The minimum absolute atomic E-state index is 0.0493. The summed E-state index contributed by atoms with van der Waals surface area (Å²) >= 11 is 1.18. The first-order chi connectivity index (χ1) is 12.7. The standard InChI is InChI=1S/C17H17N3O5S2/c1-11-4-5-13(27(23,24)20(2)3)8-14(11)17(22)25-10-15(21)19-16-12(9-18)6-7-26-16/h4-8H,10H2,1-3H3,(H,19,21). The highest BCUT2D eigenvalue weighted by Gasteiger charge is 2.21. The van der Waals surface area contributed by atoms with Crippen molar-refractivity contribution in [2.45, 2.75) is 11.8 Å². The Morgan fingerprint density at radius 2 is 2.00 bits per heavy atom. The lowest BCUT2D eigenvalue weighted by Gasteiger charge is -2.13. The van der Waals surface area contributed by atoms with Crippen molar-refractivity contribution in [2.24, 2.45) is 0 Å². The van der Waals surface area contributed by atoms with Crippen molar-refractivity contribution in [3.63, 3.8) is 0 Å². The Kier molecular flexibility index (Phi) is 6.32. The predicted molar refractivity (Wildman–Crippen MR) is 100.0 cm³/mol. The quantitative estimate of drug-likeness (QED) is 0.732. The summed E-state index contributed by atoms with van der Waals surface area (Å²) in [7, 11) is -0.933. The van der Waals surface area contributed by atoms with Crippen LogP contribution < -0.4 is 5.32 Å². The average molecular weight is 407 g/mol. The molecular formula is C17H17N3O5S2. The highest BCUT2D eigenvalue weighted by molar-refractivity contribution is 7.89. The minimum atomic E-state index is -3.71. The van der Waals surface area contributed by atoms with Crippen LogP contribution in [-0.2, 0) is 19.6 Å². The second-order valence-electron chi connectivity index (χ2n) is 5.66. The molecule has 10 heteroatoms. The van der Waals surface area contributed by atoms with E-state index in [4.69, 9.17) is 10.00 Å². The molecule has 1 N–H and O–H groups in total. The van der Waals surface area contributed by atoms with Crippen molar-refractivity contribution in [3.8, 4) is 6.07 Å². The molecule has 2 rings (SSSR count). The zero-order valence-electron chi connectivity index (χ0n) is 14.8. The molecule has 0 aliphatic heterocycles. The van der Waals surface area contributed by atoms with Gasteiger partial charge >= 0.3 is 5.97 Å². The molecule has 0 bridgehead atoms. The van der Waals surface area contributed by atoms with E-state index in [0.717, 1.165) is 4.31 Å². The smallest absolute Gasteiger partial charge is 0.338 e. The number of nitrogens with zero attached hydrogens (tertiary/aromatic N) is 2. The van der Waals surface area contributed by atoms with Gasteiger partial charge in [0.15, 0.2) is 6.61 Å². The van der Waals surface area contributed by atoms with Gasteiger partial charge in [-0.15, -0.1) is 11.3 Å². The molecular weight excluding hydrogens is 390 g/mol. The van der Waals surface area contributed by atoms with Gasteiger partial charge in [-0.05, 0) is 36.1 Å². The van der Waals surface area contributed by atoms with Gasteiger partial charge in [-0.2, -0.15) is 5.26 Å². The van der Waals surface area contributed by atoms with Gasteiger partial charge in [0.25, 0.3) is 5.91 Å². The Balaban J connectivity index is 2.10. The maximum Gasteiger partial charge on any atom is 0.338 e. The third-order valence-corrected chi connectivity index (χ3v) is 6.22. The summed E-state index contributed by atoms with van der Waals surface area (Å²) in [5, 5.41) is 13.4. The topological polar surface area (TPSA) is 117 Å². The molecule has 0 spiro atoms. The predicted octanol–water partition coefficient (Wildman–Crippen LogP) is 1.97. The normalized spacial score (nSPS) is 11.1. The molecule has 142 valence electrons. The first-order valence-corrected chi connectivity index (χ1v) is 9.96. The maximum atomic E-state index is 12.3. The Bertz CT molecular complexity index is 1020. The Hall–Kier alpha value is -2.74. The molecule has 0 aliphatic rings. The number of carbonyl (C=O) groups is 2. The van der Waals surface area contributed by atoms with Gasteiger partial charge in [0.1, 0.15) is 11.1 Å². The summed E-state index contributed by atoms with van der Waals surface area (Å²) < 4.78 is 30.4. The van der Waals surface area contributed by atoms with E-state index in [2.05, 4.69) is 5.32 Å². The molecule has 2 aromatic rings. The molecule has 1 amide bonds. The van der Waals surface area contributed by atoms with Crippen molar-refractivity contribution < 1.29 is 22.7 Å². The zero-order chi connectivity index (χ0) is 20.2. The number of hydrogen-bond donors (Lipinski definition) is 1. The van der Waals surface area contributed by atoms with Gasteiger partial charge in [0.2, 0.25) is 10.0 Å². The van der Waals surface area contributed by atoms with Crippen LogP contribution in [0.3, 0.4) is 0 Å². The van der Waals surface area contributed by atoms with Crippen LogP contribution in [0.15, 0.2) is 34.5 Å². The summed E-state index contributed by atoms with van der Waals surface area (Å²) in [5.74, 6) is -1.41. The second kappa shape index (κ2) is 8.30. The lowest BCUT2D eigenvalue weighted by molar-refractivity contribution is -0.119. The van der Waals surface area contributed by atoms with Crippen LogP contribution in [-0.4, -0.2) is 45.3 Å². The molecule has 27 heavy (non-hydrogen) atoms. The van der Waals surface area contributed by atoms with Crippen LogP contribution in [0.1, 0.15) is 21.5 Å². The third kappa shape index (κ3) is 4.71. The molecule has 0 atom stereocenters. The number of amides is 1. The van der Waals surface area contributed by atoms with Crippen LogP contribution >= 0.6 is 11.3 Å². The molecule has 0 aliphatic carbocycles. The highest BCUT2D eigenvalue weighted by atomic mass is 32.2. The first-order valence-electron chi connectivity index (χ1n) is 7.64. The molecule has 0 saturated carbocycles. The molecule has 0 radical (unpaired) electrons. The molecule has 1 aromatic carbocycles. The summed E-state index contributed by atoms with van der Waals surface area (Å²) in [6, 6.07) is 7.61. The number of carbonyl (C=O) groups excluding carboxylic acids is 2. The number of esters is 1. The monoisotopic (exact) mass is 407 g/mol. The van der Waals surface area contributed by atoms with Crippen LogP contribution in [0.25, 0.3) is 0 Å². The maximum absolute atomic E-state index is 12.3. The van der Waals surface area contributed by atoms with Crippen molar-refractivity contribution >= 4 is 38.2 Å². The molecule has 8 nitrogen and oxygen atoms in total. The summed E-state index contributed by atoms with van der Waals surface area (Å²) in [5.41, 5.74) is 0.889. The van der Waals surface area contributed by atoms with E-state index < -0.39 is 28.5 Å². The minimum Gasteiger partial charge on any atom is -0.452 e. The Morgan fingerprint density at radius 1 is 1.30 bits per heavy atom. The summed E-state index contributed by atoms with van der Waals surface area (Å²) in [6.07, 6.45) is 0. The van der Waals surface area contributed by atoms with E-state index in [0.29, 0.717) is 16.1 Å².